The number of carboxylic acid groups (broad SMARTS) is 1. The topological polar surface area (TPSA) is 164 Å². The summed E-state index contributed by atoms with van der Waals surface area (Å²) in [5.74, 6) is -1.29. The average molecular weight is 559 g/mol. The molecule has 3 heterocycles. The molecule has 1 aliphatic carbocycles. The first kappa shape index (κ1) is 26.1. The molecule has 2 amide bonds. The Morgan fingerprint density at radius 2 is 1.92 bits per heavy atom. The fourth-order valence-electron chi connectivity index (χ4n) is 4.48. The summed E-state index contributed by atoms with van der Waals surface area (Å²) in [6.07, 6.45) is 3.71. The number of carboxylic acids is 1. The molecule has 15 heteroatoms. The number of hydrogen-bond acceptors (Lipinski definition) is 11. The van der Waals surface area contributed by atoms with E-state index in [1.807, 2.05) is 12.1 Å². The first-order chi connectivity index (χ1) is 18.4. The van der Waals surface area contributed by atoms with Crippen molar-refractivity contribution in [2.75, 3.05) is 41.8 Å². The molecule has 2 fully saturated rings. The van der Waals surface area contributed by atoms with Crippen molar-refractivity contribution in [3.63, 3.8) is 0 Å². The van der Waals surface area contributed by atoms with E-state index in [-0.39, 0.29) is 22.5 Å². The molecule has 3 aromatic rings. The minimum absolute atomic E-state index is 0.0197. The van der Waals surface area contributed by atoms with Crippen molar-refractivity contribution in [3.05, 3.63) is 29.5 Å². The van der Waals surface area contributed by atoms with Gasteiger partial charge >= 0.3 is 12.0 Å². The third kappa shape index (κ3) is 5.79. The lowest BCUT2D eigenvalue weighted by atomic mass is 9.94. The van der Waals surface area contributed by atoms with Crippen molar-refractivity contribution in [2.24, 2.45) is 13.0 Å². The lowest BCUT2D eigenvalue weighted by Gasteiger charge is -2.29. The number of rotatable bonds is 8. The lowest BCUT2D eigenvalue weighted by molar-refractivity contribution is 0.0687. The summed E-state index contributed by atoms with van der Waals surface area (Å²) in [7, 11) is 1.63. The van der Waals surface area contributed by atoms with Gasteiger partial charge in [0.1, 0.15) is 4.21 Å². The van der Waals surface area contributed by atoms with Crippen LogP contribution in [0.25, 0.3) is 0 Å². The molecule has 1 aromatic carbocycles. The molecule has 5 rings (SSSR count). The highest BCUT2D eigenvalue weighted by Crippen LogP contribution is 2.36. The van der Waals surface area contributed by atoms with Gasteiger partial charge in [-0.1, -0.05) is 24.2 Å². The number of hydrogen-bond donors (Lipinski definition) is 3. The second-order valence-electron chi connectivity index (χ2n) is 8.90. The molecule has 38 heavy (non-hydrogen) atoms. The normalized spacial score (nSPS) is 16.0. The van der Waals surface area contributed by atoms with Gasteiger partial charge in [0.15, 0.2) is 16.6 Å². The predicted molar refractivity (Wildman–Crippen MR) is 140 cm³/mol. The van der Waals surface area contributed by atoms with Crippen molar-refractivity contribution in [2.45, 2.75) is 35.0 Å². The lowest BCUT2D eigenvalue weighted by Crippen LogP contribution is -2.36. The van der Waals surface area contributed by atoms with Gasteiger partial charge in [0, 0.05) is 37.3 Å². The number of Topliss-reactive ketones (excluding diaryl/α,β-unsaturated/α-hetero) is 1. The second-order valence-corrected chi connectivity index (χ2v) is 11.1. The number of aryl methyl sites for hydroxylation is 1. The fourth-order valence-corrected chi connectivity index (χ4v) is 6.43. The van der Waals surface area contributed by atoms with Crippen molar-refractivity contribution < 1.29 is 24.2 Å². The van der Waals surface area contributed by atoms with Crippen molar-refractivity contribution >= 4 is 57.4 Å². The van der Waals surface area contributed by atoms with Gasteiger partial charge in [0.2, 0.25) is 5.16 Å². The standard InChI is InChI=1S/C23H26N8O5S2/c1-30-23(27-28-29-30)38-20-17(19(33)34)25-22(37-20)26-21(35)24-16-7-6-14(31-8-10-36-11-9-31)12-15(16)18(32)13-4-2-3-5-13/h6-7,12-13H,2-5,8-11H2,1H3,(H,33,34)(H2,24,25,26,35). The maximum absolute atomic E-state index is 13.4. The smallest absolute Gasteiger partial charge is 0.356 e. The van der Waals surface area contributed by atoms with Gasteiger partial charge in [-0.25, -0.2) is 19.3 Å². The Balaban J connectivity index is 1.35. The van der Waals surface area contributed by atoms with Crippen LogP contribution in [0.3, 0.4) is 0 Å². The van der Waals surface area contributed by atoms with Gasteiger partial charge in [-0.05, 0) is 53.2 Å². The summed E-state index contributed by atoms with van der Waals surface area (Å²) >= 11 is 2.03. The number of morpholine rings is 1. The van der Waals surface area contributed by atoms with E-state index in [9.17, 15) is 19.5 Å². The molecule has 0 spiro atoms. The van der Waals surface area contributed by atoms with Crippen molar-refractivity contribution in [3.8, 4) is 0 Å². The largest absolute Gasteiger partial charge is 0.476 e. The number of nitrogens with one attached hydrogen (secondary N) is 2. The van der Waals surface area contributed by atoms with Gasteiger partial charge in [0.05, 0.1) is 18.9 Å². The van der Waals surface area contributed by atoms with Gasteiger partial charge in [0.25, 0.3) is 0 Å². The number of nitrogens with zero attached hydrogens (tertiary/aromatic N) is 6. The van der Waals surface area contributed by atoms with Gasteiger partial charge in [-0.15, -0.1) is 5.10 Å². The second kappa shape index (κ2) is 11.4. The van der Waals surface area contributed by atoms with E-state index in [0.29, 0.717) is 33.8 Å². The molecular weight excluding hydrogens is 532 g/mol. The van der Waals surface area contributed by atoms with Crippen LogP contribution in [0.15, 0.2) is 27.6 Å². The number of ketones is 1. The third-order valence-electron chi connectivity index (χ3n) is 6.40. The summed E-state index contributed by atoms with van der Waals surface area (Å²) in [5, 5.41) is 26.5. The molecule has 0 atom stereocenters. The molecule has 3 N–H and O–H groups in total. The number of benzene rings is 1. The van der Waals surface area contributed by atoms with E-state index in [0.717, 1.165) is 67.6 Å². The number of anilines is 3. The van der Waals surface area contributed by atoms with E-state index in [2.05, 4.69) is 36.0 Å². The monoisotopic (exact) mass is 558 g/mol. The fraction of sp³-hybridized carbons (Fsp3) is 0.435. The molecule has 1 saturated heterocycles. The van der Waals surface area contributed by atoms with E-state index in [4.69, 9.17) is 4.74 Å². The molecule has 0 bridgehead atoms. The Kier molecular flexibility index (Phi) is 7.85. The summed E-state index contributed by atoms with van der Waals surface area (Å²) in [4.78, 5) is 44.3. The zero-order chi connectivity index (χ0) is 26.6. The van der Waals surface area contributed by atoms with Crippen LogP contribution >= 0.6 is 23.1 Å². The molecule has 200 valence electrons. The van der Waals surface area contributed by atoms with Crippen molar-refractivity contribution in [1.29, 1.82) is 0 Å². The number of carbonyl (C=O) groups is 3. The van der Waals surface area contributed by atoms with Crippen molar-refractivity contribution in [1.82, 2.24) is 25.2 Å². The number of urea groups is 1. The van der Waals surface area contributed by atoms with Crippen LogP contribution in [0, 0.1) is 5.92 Å². The van der Waals surface area contributed by atoms with Crippen LogP contribution in [-0.4, -0.2) is 74.4 Å². The van der Waals surface area contributed by atoms with E-state index >= 15 is 0 Å². The number of ether oxygens (including phenoxy) is 1. The summed E-state index contributed by atoms with van der Waals surface area (Å²) in [6.45, 7) is 2.69. The molecule has 0 unspecified atom stereocenters. The van der Waals surface area contributed by atoms with E-state index < -0.39 is 12.0 Å². The highest BCUT2D eigenvalue weighted by molar-refractivity contribution is 8.01. The van der Waals surface area contributed by atoms with Gasteiger partial charge < -0.3 is 20.1 Å². The van der Waals surface area contributed by atoms with Gasteiger partial charge in [-0.3, -0.25) is 10.1 Å². The number of aromatic carboxylic acids is 1. The molecule has 2 aliphatic rings. The maximum atomic E-state index is 13.4. The zero-order valence-electron chi connectivity index (χ0n) is 20.5. The number of tetrazole rings is 1. The average Bonchev–Trinajstić information content (AvgIpc) is 3.67. The van der Waals surface area contributed by atoms with Crippen LogP contribution in [0.4, 0.5) is 21.3 Å². The Hall–Kier alpha value is -3.56. The van der Waals surface area contributed by atoms with E-state index in [1.165, 1.54) is 4.68 Å². The third-order valence-corrected chi connectivity index (χ3v) is 8.58. The Morgan fingerprint density at radius 1 is 1.16 bits per heavy atom. The van der Waals surface area contributed by atoms with Crippen LogP contribution < -0.4 is 15.5 Å². The van der Waals surface area contributed by atoms with Gasteiger partial charge in [-0.2, -0.15) is 0 Å². The Morgan fingerprint density at radius 3 is 2.61 bits per heavy atom. The SMILES string of the molecule is Cn1nnnc1Sc1sc(NC(=O)Nc2ccc(N3CCOCC3)cc2C(=O)C2CCCC2)nc1C(=O)O. The number of carbonyl (C=O) groups excluding carboxylic acids is 2. The first-order valence-electron chi connectivity index (χ1n) is 12.1. The minimum Gasteiger partial charge on any atom is -0.476 e. The first-order valence-corrected chi connectivity index (χ1v) is 13.8. The van der Waals surface area contributed by atoms with Crippen LogP contribution in [0.1, 0.15) is 46.5 Å². The number of thiazole rings is 1. The van der Waals surface area contributed by atoms with Crippen LogP contribution in [0.2, 0.25) is 0 Å². The Bertz CT molecular complexity index is 1350. The zero-order valence-corrected chi connectivity index (χ0v) is 22.2. The molecular formula is C23H26N8O5S2. The minimum atomic E-state index is -1.24. The van der Waals surface area contributed by atoms with Crippen LogP contribution in [0.5, 0.6) is 0 Å². The number of amides is 2. The molecule has 13 nitrogen and oxygen atoms in total. The highest BCUT2D eigenvalue weighted by Gasteiger charge is 2.28. The molecule has 2 aromatic heterocycles. The summed E-state index contributed by atoms with van der Waals surface area (Å²) in [5.41, 5.74) is 1.55. The maximum Gasteiger partial charge on any atom is 0.356 e. The molecule has 0 radical (unpaired) electrons. The number of aromatic nitrogens is 5. The predicted octanol–water partition coefficient (Wildman–Crippen LogP) is 3.37. The summed E-state index contributed by atoms with van der Waals surface area (Å²) in [6, 6.07) is 4.82. The molecule has 1 saturated carbocycles. The quantitative estimate of drug-likeness (QED) is 0.347. The van der Waals surface area contributed by atoms with Crippen LogP contribution in [-0.2, 0) is 11.8 Å². The Labute approximate surface area is 225 Å². The molecule has 1 aliphatic heterocycles. The summed E-state index contributed by atoms with van der Waals surface area (Å²) < 4.78 is 7.16. The van der Waals surface area contributed by atoms with E-state index in [1.54, 1.807) is 13.1 Å². The highest BCUT2D eigenvalue weighted by atomic mass is 32.2.